The average Bonchev–Trinajstić information content (AvgIpc) is 3.12. The van der Waals surface area contributed by atoms with Crippen molar-refractivity contribution in [1.82, 2.24) is 25.3 Å². The Kier molecular flexibility index (Phi) is 10.2. The molecule has 0 aliphatic carbocycles. The van der Waals surface area contributed by atoms with Crippen LogP contribution in [0.25, 0.3) is 0 Å². The van der Waals surface area contributed by atoms with Crippen LogP contribution in [0.5, 0.6) is 0 Å². The summed E-state index contributed by atoms with van der Waals surface area (Å²) in [6, 6.07) is 2.12. The van der Waals surface area contributed by atoms with E-state index in [1.807, 2.05) is 7.05 Å². The van der Waals surface area contributed by atoms with Crippen LogP contribution in [0.15, 0.2) is 17.1 Å². The van der Waals surface area contributed by atoms with Gasteiger partial charge in [-0.1, -0.05) is 0 Å². The molecular weight excluding hydrogens is 403 g/mol. The van der Waals surface area contributed by atoms with Gasteiger partial charge in [0.1, 0.15) is 0 Å². The zero-order valence-electron chi connectivity index (χ0n) is 16.6. The molecule has 0 aromatic carbocycles. The number of carbonyl (C=O) groups excluding carboxylic acids is 1. The quantitative estimate of drug-likeness (QED) is 0.667. The van der Waals surface area contributed by atoms with Crippen molar-refractivity contribution >= 4 is 36.4 Å². The number of carbonyl (C=O) groups is 1. The van der Waals surface area contributed by atoms with Gasteiger partial charge in [0.2, 0.25) is 5.91 Å². The van der Waals surface area contributed by atoms with Gasteiger partial charge in [-0.25, -0.2) is 4.68 Å². The van der Waals surface area contributed by atoms with Crippen molar-refractivity contribution in [2.24, 2.45) is 13.0 Å². The maximum Gasteiger partial charge on any atom is 0.268 e. The number of likely N-dealkylation sites (N-methyl/N-ethyl adjacent to an activating group) is 1. The molecule has 2 fully saturated rings. The molecule has 2 saturated heterocycles. The summed E-state index contributed by atoms with van der Waals surface area (Å²) in [5.74, 6) is 0.506. The summed E-state index contributed by atoms with van der Waals surface area (Å²) in [5, 5.41) is 10.5. The van der Waals surface area contributed by atoms with E-state index in [2.05, 4.69) is 25.5 Å². The monoisotopic (exact) mass is 434 g/mol. The molecule has 0 spiro atoms. The van der Waals surface area contributed by atoms with E-state index < -0.39 is 0 Å². The molecule has 8 nitrogen and oxygen atoms in total. The summed E-state index contributed by atoms with van der Waals surface area (Å²) in [5.41, 5.74) is 0.771. The second-order valence-electron chi connectivity index (χ2n) is 7.48. The number of nitrogens with zero attached hydrogens (tertiary/aromatic N) is 4. The van der Waals surface area contributed by atoms with Gasteiger partial charge in [-0.15, -0.1) is 24.8 Å². The molecule has 0 saturated carbocycles. The number of amides is 1. The van der Waals surface area contributed by atoms with Crippen molar-refractivity contribution in [3.05, 3.63) is 22.6 Å². The van der Waals surface area contributed by atoms with Crippen LogP contribution in [0.2, 0.25) is 0 Å². The molecule has 1 unspecified atom stereocenters. The second-order valence-corrected chi connectivity index (χ2v) is 7.48. The van der Waals surface area contributed by atoms with Crippen LogP contribution < -0.4 is 21.1 Å². The number of piperidine rings is 1. The molecule has 1 aromatic heterocycles. The van der Waals surface area contributed by atoms with Gasteiger partial charge >= 0.3 is 0 Å². The number of aryl methyl sites for hydroxylation is 1. The van der Waals surface area contributed by atoms with Crippen LogP contribution in [-0.4, -0.2) is 72.9 Å². The molecule has 0 bridgehead atoms. The molecule has 3 rings (SSSR count). The van der Waals surface area contributed by atoms with E-state index in [-0.39, 0.29) is 36.3 Å². The number of halogens is 2. The highest BCUT2D eigenvalue weighted by Crippen LogP contribution is 2.21. The lowest BCUT2D eigenvalue weighted by Gasteiger charge is -2.31. The predicted molar refractivity (Wildman–Crippen MR) is 116 cm³/mol. The number of rotatable bonds is 6. The number of aromatic nitrogens is 2. The van der Waals surface area contributed by atoms with Gasteiger partial charge in [0, 0.05) is 38.8 Å². The van der Waals surface area contributed by atoms with Crippen molar-refractivity contribution < 1.29 is 4.79 Å². The van der Waals surface area contributed by atoms with Gasteiger partial charge < -0.3 is 15.5 Å². The van der Waals surface area contributed by atoms with Gasteiger partial charge in [-0.05, 0) is 45.3 Å². The molecule has 1 amide bonds. The molecule has 2 N–H and O–H groups in total. The normalized spacial score (nSPS) is 19.8. The first-order chi connectivity index (χ1) is 12.5. The van der Waals surface area contributed by atoms with Gasteiger partial charge in [-0.3, -0.25) is 14.5 Å². The Morgan fingerprint density at radius 2 is 2.04 bits per heavy atom. The lowest BCUT2D eigenvalue weighted by Crippen LogP contribution is -2.46. The van der Waals surface area contributed by atoms with Crippen LogP contribution in [0, 0.1) is 5.92 Å². The molecule has 3 heterocycles. The molecule has 1 aromatic rings. The summed E-state index contributed by atoms with van der Waals surface area (Å²) < 4.78 is 1.33. The van der Waals surface area contributed by atoms with E-state index in [0.717, 1.165) is 51.1 Å². The van der Waals surface area contributed by atoms with Crippen LogP contribution in [0.1, 0.15) is 19.3 Å². The third-order valence-corrected chi connectivity index (χ3v) is 5.52. The van der Waals surface area contributed by atoms with E-state index in [1.54, 1.807) is 19.3 Å². The van der Waals surface area contributed by atoms with Gasteiger partial charge in [0.25, 0.3) is 5.56 Å². The summed E-state index contributed by atoms with van der Waals surface area (Å²) in [4.78, 5) is 28.3. The molecule has 10 heteroatoms. The Bertz CT molecular complexity index is 680. The van der Waals surface area contributed by atoms with Crippen molar-refractivity contribution in [3.63, 3.8) is 0 Å². The predicted octanol–water partition coefficient (Wildman–Crippen LogP) is 0.250. The van der Waals surface area contributed by atoms with Crippen molar-refractivity contribution in [2.45, 2.75) is 25.3 Å². The fraction of sp³-hybridized carbons (Fsp3) is 0.722. The highest BCUT2D eigenvalue weighted by Gasteiger charge is 2.24. The van der Waals surface area contributed by atoms with Crippen molar-refractivity contribution in [2.75, 3.05) is 51.2 Å². The Morgan fingerprint density at radius 3 is 2.71 bits per heavy atom. The molecule has 2 aliphatic rings. The third kappa shape index (κ3) is 6.62. The van der Waals surface area contributed by atoms with Crippen LogP contribution in [0.4, 0.5) is 5.69 Å². The Balaban J connectivity index is 0.00000196. The molecule has 0 radical (unpaired) electrons. The largest absolute Gasteiger partial charge is 0.370 e. The SMILES string of the molecule is CN(CC(=O)NCC1CCN(c2cnn(C)c(=O)c2)C1)C1CCNCC1.Cl.Cl. The lowest BCUT2D eigenvalue weighted by atomic mass is 10.1. The smallest absolute Gasteiger partial charge is 0.268 e. The minimum Gasteiger partial charge on any atom is -0.370 e. The fourth-order valence-electron chi connectivity index (χ4n) is 3.78. The number of nitrogens with one attached hydrogen (secondary N) is 2. The van der Waals surface area contributed by atoms with E-state index >= 15 is 0 Å². The van der Waals surface area contributed by atoms with Crippen molar-refractivity contribution in [1.29, 1.82) is 0 Å². The highest BCUT2D eigenvalue weighted by atomic mass is 35.5. The number of anilines is 1. The minimum absolute atomic E-state index is 0. The number of hydrogen-bond donors (Lipinski definition) is 2. The maximum atomic E-state index is 12.3. The molecule has 160 valence electrons. The molecule has 28 heavy (non-hydrogen) atoms. The van der Waals surface area contributed by atoms with E-state index in [4.69, 9.17) is 0 Å². The molecule has 2 aliphatic heterocycles. The summed E-state index contributed by atoms with van der Waals surface area (Å²) in [6.45, 7) is 4.95. The van der Waals surface area contributed by atoms with Crippen LogP contribution in [0.3, 0.4) is 0 Å². The summed E-state index contributed by atoms with van der Waals surface area (Å²) in [7, 11) is 3.69. The Labute approximate surface area is 178 Å². The zero-order valence-corrected chi connectivity index (χ0v) is 18.2. The summed E-state index contributed by atoms with van der Waals surface area (Å²) in [6.07, 6.45) is 4.95. The first-order valence-corrected chi connectivity index (χ1v) is 9.49. The summed E-state index contributed by atoms with van der Waals surface area (Å²) >= 11 is 0. The first-order valence-electron chi connectivity index (χ1n) is 9.49. The van der Waals surface area contributed by atoms with Crippen LogP contribution >= 0.6 is 24.8 Å². The van der Waals surface area contributed by atoms with E-state index in [1.165, 1.54) is 4.68 Å². The lowest BCUT2D eigenvalue weighted by molar-refractivity contribution is -0.122. The average molecular weight is 435 g/mol. The maximum absolute atomic E-state index is 12.3. The molecular formula is C18H32Cl2N6O2. The van der Waals surface area contributed by atoms with Crippen LogP contribution in [-0.2, 0) is 11.8 Å². The van der Waals surface area contributed by atoms with Gasteiger partial charge in [-0.2, -0.15) is 5.10 Å². The van der Waals surface area contributed by atoms with Gasteiger partial charge in [0.15, 0.2) is 0 Å². The standard InChI is InChI=1S/C18H30N6O2.2ClH/c1-22(15-3-6-19-7-4-15)13-17(25)20-10-14-5-8-24(12-14)16-9-18(26)23(2)21-11-16;;/h9,11,14-15,19H,3-8,10,12-13H2,1-2H3,(H,20,25);2*1H. The van der Waals surface area contributed by atoms with Gasteiger partial charge in [0.05, 0.1) is 18.4 Å². The second kappa shape index (κ2) is 11.6. The minimum atomic E-state index is -0.0970. The Morgan fingerprint density at radius 1 is 1.32 bits per heavy atom. The highest BCUT2D eigenvalue weighted by molar-refractivity contribution is 5.85. The third-order valence-electron chi connectivity index (χ3n) is 5.52. The zero-order chi connectivity index (χ0) is 18.5. The van der Waals surface area contributed by atoms with E-state index in [9.17, 15) is 9.59 Å². The van der Waals surface area contributed by atoms with Crippen molar-refractivity contribution in [3.8, 4) is 0 Å². The Hall–Kier alpha value is -1.35. The number of hydrogen-bond acceptors (Lipinski definition) is 6. The first kappa shape index (κ1) is 24.7. The van der Waals surface area contributed by atoms with E-state index in [0.29, 0.717) is 25.0 Å². The molecule has 1 atom stereocenters. The topological polar surface area (TPSA) is 82.5 Å². The fourth-order valence-corrected chi connectivity index (χ4v) is 3.78.